The first-order valence-electron chi connectivity index (χ1n) is 5.96. The van der Waals surface area contributed by atoms with Gasteiger partial charge in [0.1, 0.15) is 0 Å². The molecule has 3 aromatic rings. The van der Waals surface area contributed by atoms with E-state index in [0.717, 1.165) is 16.3 Å². The molecule has 0 aliphatic rings. The molecule has 3 rings (SSSR count). The number of rotatable bonds is 4. The van der Waals surface area contributed by atoms with Crippen molar-refractivity contribution < 1.29 is 0 Å². The van der Waals surface area contributed by atoms with Gasteiger partial charge >= 0.3 is 0 Å². The van der Waals surface area contributed by atoms with Crippen molar-refractivity contribution in [1.29, 1.82) is 0 Å². The van der Waals surface area contributed by atoms with E-state index in [0.29, 0.717) is 16.7 Å². The Labute approximate surface area is 125 Å². The quantitative estimate of drug-likeness (QED) is 0.726. The zero-order chi connectivity index (χ0) is 13.9. The highest BCUT2D eigenvalue weighted by molar-refractivity contribution is 7.15. The Morgan fingerprint density at radius 3 is 2.90 bits per heavy atom. The number of nitrogens with two attached hydrogens (primary N) is 1. The van der Waals surface area contributed by atoms with Gasteiger partial charge in [-0.3, -0.25) is 0 Å². The molecule has 0 aliphatic heterocycles. The Bertz CT molecular complexity index is 721. The van der Waals surface area contributed by atoms with E-state index in [1.807, 2.05) is 30.5 Å². The third-order valence-corrected chi connectivity index (χ3v) is 3.87. The summed E-state index contributed by atoms with van der Waals surface area (Å²) in [5.41, 5.74) is 8.40. The molecule has 0 amide bonds. The van der Waals surface area contributed by atoms with E-state index in [4.69, 9.17) is 17.3 Å². The fraction of sp³-hybridized carbons (Fsp3) is 0.0769. The third-order valence-electron chi connectivity index (χ3n) is 2.76. The second kappa shape index (κ2) is 5.52. The maximum Gasteiger partial charge on any atom is 0.183 e. The Balaban J connectivity index is 1.72. The summed E-state index contributed by atoms with van der Waals surface area (Å²) in [6, 6.07) is 7.60. The minimum absolute atomic E-state index is 0.551. The number of halogens is 1. The maximum absolute atomic E-state index is 5.93. The van der Waals surface area contributed by atoms with Crippen LogP contribution in [-0.2, 0) is 6.54 Å². The van der Waals surface area contributed by atoms with Crippen LogP contribution in [0.2, 0.25) is 4.47 Å². The molecule has 5 nitrogen and oxygen atoms in total. The van der Waals surface area contributed by atoms with Crippen molar-refractivity contribution in [2.75, 3.05) is 11.1 Å². The molecule has 1 aromatic carbocycles. The molecule has 0 spiro atoms. The first kappa shape index (κ1) is 13.0. The number of hydrogen-bond donors (Lipinski definition) is 2. The highest BCUT2D eigenvalue weighted by Gasteiger charge is 2.04. The molecular formula is C13H12ClN5S. The summed E-state index contributed by atoms with van der Waals surface area (Å²) in [7, 11) is 0. The SMILES string of the molecule is Nc1ccccc1-n1cc(NCc2cnc(Cl)s2)cn1. The molecule has 0 saturated heterocycles. The predicted octanol–water partition coefficient (Wildman–Crippen LogP) is 3.18. The van der Waals surface area contributed by atoms with Crippen molar-refractivity contribution in [3.63, 3.8) is 0 Å². The average molecular weight is 306 g/mol. The zero-order valence-corrected chi connectivity index (χ0v) is 12.0. The molecule has 0 aliphatic carbocycles. The summed E-state index contributed by atoms with van der Waals surface area (Å²) in [5.74, 6) is 0. The van der Waals surface area contributed by atoms with Crippen LogP contribution in [0.5, 0.6) is 0 Å². The van der Waals surface area contributed by atoms with Crippen molar-refractivity contribution in [2.24, 2.45) is 0 Å². The Kier molecular flexibility index (Phi) is 3.58. The molecule has 102 valence electrons. The van der Waals surface area contributed by atoms with Crippen molar-refractivity contribution in [3.8, 4) is 5.69 Å². The van der Waals surface area contributed by atoms with E-state index in [1.54, 1.807) is 17.1 Å². The summed E-state index contributed by atoms with van der Waals surface area (Å²) in [5, 5.41) is 7.57. The van der Waals surface area contributed by atoms with Crippen LogP contribution in [0, 0.1) is 0 Å². The van der Waals surface area contributed by atoms with Crippen LogP contribution in [0.25, 0.3) is 5.69 Å². The number of anilines is 2. The molecule has 0 bridgehead atoms. The Morgan fingerprint density at radius 1 is 1.30 bits per heavy atom. The van der Waals surface area contributed by atoms with Crippen molar-refractivity contribution in [3.05, 3.63) is 52.2 Å². The van der Waals surface area contributed by atoms with Crippen molar-refractivity contribution >= 4 is 34.3 Å². The van der Waals surface area contributed by atoms with Gasteiger partial charge in [0.2, 0.25) is 0 Å². The summed E-state index contributed by atoms with van der Waals surface area (Å²) >= 11 is 7.25. The smallest absolute Gasteiger partial charge is 0.183 e. The number of nitrogen functional groups attached to an aromatic ring is 1. The van der Waals surface area contributed by atoms with Gasteiger partial charge in [0.15, 0.2) is 4.47 Å². The zero-order valence-electron chi connectivity index (χ0n) is 10.5. The van der Waals surface area contributed by atoms with Gasteiger partial charge in [-0.1, -0.05) is 23.7 Å². The number of hydrogen-bond acceptors (Lipinski definition) is 5. The van der Waals surface area contributed by atoms with Gasteiger partial charge in [-0.15, -0.1) is 11.3 Å². The normalized spacial score (nSPS) is 10.7. The molecule has 2 heterocycles. The molecule has 20 heavy (non-hydrogen) atoms. The molecule has 0 radical (unpaired) electrons. The highest BCUT2D eigenvalue weighted by Crippen LogP contribution is 2.20. The largest absolute Gasteiger partial charge is 0.397 e. The minimum Gasteiger partial charge on any atom is -0.397 e. The van der Waals surface area contributed by atoms with Crippen LogP contribution in [0.15, 0.2) is 42.9 Å². The van der Waals surface area contributed by atoms with Crippen LogP contribution < -0.4 is 11.1 Å². The molecule has 7 heteroatoms. The minimum atomic E-state index is 0.551. The lowest BCUT2D eigenvalue weighted by atomic mass is 10.3. The highest BCUT2D eigenvalue weighted by atomic mass is 35.5. The van der Waals surface area contributed by atoms with E-state index < -0.39 is 0 Å². The van der Waals surface area contributed by atoms with Crippen LogP contribution in [0.3, 0.4) is 0 Å². The van der Waals surface area contributed by atoms with Crippen molar-refractivity contribution in [2.45, 2.75) is 6.54 Å². The molecule has 3 N–H and O–H groups in total. The lowest BCUT2D eigenvalue weighted by Gasteiger charge is -2.04. The second-order valence-corrected chi connectivity index (χ2v) is 5.86. The van der Waals surface area contributed by atoms with Gasteiger partial charge in [-0.05, 0) is 12.1 Å². The number of para-hydroxylation sites is 2. The van der Waals surface area contributed by atoms with Gasteiger partial charge in [0.25, 0.3) is 0 Å². The van der Waals surface area contributed by atoms with Gasteiger partial charge in [-0.2, -0.15) is 5.10 Å². The van der Waals surface area contributed by atoms with Crippen molar-refractivity contribution in [1.82, 2.24) is 14.8 Å². The molecule has 0 saturated carbocycles. The number of thiazole rings is 1. The molecule has 2 aromatic heterocycles. The molecular weight excluding hydrogens is 294 g/mol. The summed E-state index contributed by atoms with van der Waals surface area (Å²) < 4.78 is 2.30. The number of benzene rings is 1. The van der Waals surface area contributed by atoms with E-state index in [9.17, 15) is 0 Å². The van der Waals surface area contributed by atoms with Crippen LogP contribution in [0.4, 0.5) is 11.4 Å². The molecule has 0 fully saturated rings. The fourth-order valence-corrected chi connectivity index (χ4v) is 2.71. The Hall–Kier alpha value is -2.05. The second-order valence-electron chi connectivity index (χ2n) is 4.17. The van der Waals surface area contributed by atoms with E-state index >= 15 is 0 Å². The summed E-state index contributed by atoms with van der Waals surface area (Å²) in [6.45, 7) is 0.667. The summed E-state index contributed by atoms with van der Waals surface area (Å²) in [4.78, 5) is 5.07. The average Bonchev–Trinajstić information content (AvgIpc) is 3.06. The van der Waals surface area contributed by atoms with Gasteiger partial charge in [0.05, 0.1) is 36.0 Å². The molecule has 0 atom stereocenters. The maximum atomic E-state index is 5.93. The lowest BCUT2D eigenvalue weighted by Crippen LogP contribution is -1.99. The van der Waals surface area contributed by atoms with E-state index in [-0.39, 0.29) is 0 Å². The van der Waals surface area contributed by atoms with Gasteiger partial charge in [0, 0.05) is 11.1 Å². The van der Waals surface area contributed by atoms with Gasteiger partial charge in [-0.25, -0.2) is 9.67 Å². The fourth-order valence-electron chi connectivity index (χ4n) is 1.80. The lowest BCUT2D eigenvalue weighted by molar-refractivity contribution is 0.883. The van der Waals surface area contributed by atoms with Crippen LogP contribution in [0.1, 0.15) is 4.88 Å². The predicted molar refractivity (Wildman–Crippen MR) is 82.4 cm³/mol. The first-order chi connectivity index (χ1) is 9.72. The van der Waals surface area contributed by atoms with Crippen LogP contribution >= 0.6 is 22.9 Å². The number of nitrogens with one attached hydrogen (secondary N) is 1. The standard InChI is InChI=1S/C13H12ClN5S/c14-13-17-7-10(20-13)6-16-9-5-18-19(8-9)12-4-2-1-3-11(12)15/h1-5,7-8,16H,6,15H2. The number of aromatic nitrogens is 3. The molecule has 0 unspecified atom stereocenters. The first-order valence-corrected chi connectivity index (χ1v) is 7.15. The third kappa shape index (κ3) is 2.76. The summed E-state index contributed by atoms with van der Waals surface area (Å²) in [6.07, 6.45) is 5.42. The van der Waals surface area contributed by atoms with E-state index in [2.05, 4.69) is 15.4 Å². The monoisotopic (exact) mass is 305 g/mol. The van der Waals surface area contributed by atoms with Gasteiger partial charge < -0.3 is 11.1 Å². The van der Waals surface area contributed by atoms with Crippen LogP contribution in [-0.4, -0.2) is 14.8 Å². The topological polar surface area (TPSA) is 68.8 Å². The number of nitrogens with zero attached hydrogens (tertiary/aromatic N) is 3. The van der Waals surface area contributed by atoms with E-state index in [1.165, 1.54) is 11.3 Å². The Morgan fingerprint density at radius 2 is 2.15 bits per heavy atom.